The molecular weight excluding hydrogens is 216 g/mol. The van der Waals surface area contributed by atoms with Gasteiger partial charge in [0, 0.05) is 21.7 Å². The second-order valence-electron chi connectivity index (χ2n) is 3.91. The zero-order valence-corrected chi connectivity index (χ0v) is 10.4. The molecule has 15 heavy (non-hydrogen) atoms. The number of rotatable bonds is 0. The summed E-state index contributed by atoms with van der Waals surface area (Å²) in [6.07, 6.45) is 3.43. The van der Waals surface area contributed by atoms with Crippen LogP contribution in [0, 0.1) is 13.0 Å². The van der Waals surface area contributed by atoms with Crippen LogP contribution in [0.1, 0.15) is 23.6 Å². The third kappa shape index (κ3) is 1.40. The summed E-state index contributed by atoms with van der Waals surface area (Å²) in [5.41, 5.74) is 5.26. The summed E-state index contributed by atoms with van der Waals surface area (Å²) in [5.74, 6) is 0. The third-order valence-corrected chi connectivity index (χ3v) is 2.95. The van der Waals surface area contributed by atoms with E-state index in [1.54, 1.807) is 0 Å². The van der Waals surface area contributed by atoms with Gasteiger partial charge >= 0.3 is 0 Å². The average molecular weight is 227 g/mol. The Morgan fingerprint density at radius 1 is 1.00 bits per heavy atom. The zero-order chi connectivity index (χ0) is 9.71. The van der Waals surface area contributed by atoms with Gasteiger partial charge in [0.2, 0.25) is 0 Å². The SMILES string of the molecule is CC1=[C-]c2cccc3ccc(C)c1c23.[Ti]. The van der Waals surface area contributed by atoms with Crippen molar-refractivity contribution in [2.75, 3.05) is 0 Å². The van der Waals surface area contributed by atoms with Gasteiger partial charge in [0.15, 0.2) is 0 Å². The minimum absolute atomic E-state index is 0. The van der Waals surface area contributed by atoms with Crippen LogP contribution < -0.4 is 0 Å². The van der Waals surface area contributed by atoms with Crippen molar-refractivity contribution in [3.8, 4) is 0 Å². The van der Waals surface area contributed by atoms with Crippen LogP contribution in [-0.2, 0) is 21.7 Å². The number of hydrogen-bond acceptors (Lipinski definition) is 0. The van der Waals surface area contributed by atoms with Gasteiger partial charge < -0.3 is 0 Å². The predicted molar refractivity (Wildman–Crippen MR) is 60.1 cm³/mol. The van der Waals surface area contributed by atoms with E-state index in [1.165, 1.54) is 33.0 Å². The molecule has 0 aliphatic heterocycles. The van der Waals surface area contributed by atoms with Crippen molar-refractivity contribution in [1.82, 2.24) is 0 Å². The van der Waals surface area contributed by atoms with Gasteiger partial charge in [0.25, 0.3) is 0 Å². The first-order valence-corrected chi connectivity index (χ1v) is 4.90. The Bertz CT molecular complexity index is 565. The van der Waals surface area contributed by atoms with E-state index in [2.05, 4.69) is 50.3 Å². The van der Waals surface area contributed by atoms with Gasteiger partial charge in [0.1, 0.15) is 0 Å². The fourth-order valence-corrected chi connectivity index (χ4v) is 2.34. The Balaban J connectivity index is 0.000000853. The van der Waals surface area contributed by atoms with Crippen LogP contribution in [0.25, 0.3) is 16.3 Å². The van der Waals surface area contributed by atoms with E-state index in [4.69, 9.17) is 0 Å². The van der Waals surface area contributed by atoms with Gasteiger partial charge in [-0.3, -0.25) is 0 Å². The smallest absolute Gasteiger partial charge is 0 e. The second-order valence-corrected chi connectivity index (χ2v) is 3.91. The number of allylic oxidation sites excluding steroid dienone is 1. The molecule has 0 radical (unpaired) electrons. The van der Waals surface area contributed by atoms with Crippen molar-refractivity contribution in [2.24, 2.45) is 0 Å². The maximum Gasteiger partial charge on any atom is 0 e. The molecule has 1 aliphatic rings. The number of aryl methyl sites for hydroxylation is 1. The van der Waals surface area contributed by atoms with Crippen LogP contribution in [0.4, 0.5) is 0 Å². The van der Waals surface area contributed by atoms with Crippen molar-refractivity contribution in [1.29, 1.82) is 0 Å². The Labute approximate surface area is 105 Å². The predicted octanol–water partition coefficient (Wildman–Crippen LogP) is 3.71. The van der Waals surface area contributed by atoms with Crippen molar-refractivity contribution in [3.63, 3.8) is 0 Å². The summed E-state index contributed by atoms with van der Waals surface area (Å²) in [7, 11) is 0. The van der Waals surface area contributed by atoms with Gasteiger partial charge in [-0.15, -0.1) is 34.7 Å². The fraction of sp³-hybridized carbons (Fsp3) is 0.143. The molecule has 0 bridgehead atoms. The molecule has 0 fully saturated rings. The van der Waals surface area contributed by atoms with E-state index in [0.29, 0.717) is 0 Å². The third-order valence-electron chi connectivity index (χ3n) is 2.95. The Morgan fingerprint density at radius 2 is 1.80 bits per heavy atom. The van der Waals surface area contributed by atoms with E-state index in [9.17, 15) is 0 Å². The molecule has 72 valence electrons. The van der Waals surface area contributed by atoms with Crippen LogP contribution in [0.15, 0.2) is 30.3 Å². The van der Waals surface area contributed by atoms with Crippen molar-refractivity contribution < 1.29 is 21.7 Å². The molecule has 0 unspecified atom stereocenters. The normalized spacial score (nSPS) is 12.5. The van der Waals surface area contributed by atoms with Crippen LogP contribution in [0.5, 0.6) is 0 Å². The summed E-state index contributed by atoms with van der Waals surface area (Å²) in [4.78, 5) is 0. The minimum atomic E-state index is 0. The molecule has 2 aromatic rings. The minimum Gasteiger partial charge on any atom is -0.150 e. The fourth-order valence-electron chi connectivity index (χ4n) is 2.34. The molecular formula is C14H11Ti-. The van der Waals surface area contributed by atoms with E-state index in [1.807, 2.05) is 0 Å². The Kier molecular flexibility index (Phi) is 2.58. The molecule has 0 nitrogen and oxygen atoms in total. The first kappa shape index (κ1) is 10.7. The van der Waals surface area contributed by atoms with Gasteiger partial charge in [0.05, 0.1) is 0 Å². The largest absolute Gasteiger partial charge is 0.150 e. The molecule has 0 spiro atoms. The second kappa shape index (κ2) is 3.62. The molecule has 1 heteroatoms. The zero-order valence-electron chi connectivity index (χ0n) is 8.89. The quantitative estimate of drug-likeness (QED) is 0.475. The maximum atomic E-state index is 3.43. The first-order valence-electron chi connectivity index (χ1n) is 4.90. The van der Waals surface area contributed by atoms with Gasteiger partial charge in [-0.1, -0.05) is 36.1 Å². The summed E-state index contributed by atoms with van der Waals surface area (Å²) < 4.78 is 0. The molecule has 0 saturated heterocycles. The standard InChI is InChI=1S/C14H11.Ti/c1-9-6-7-11-4-3-5-12-8-10(2)13(9)14(11)12;/h3-7H,1-2H3;/q-1;. The summed E-state index contributed by atoms with van der Waals surface area (Å²) >= 11 is 0. The Hall–Kier alpha value is -0.846. The maximum absolute atomic E-state index is 3.43. The molecule has 0 saturated carbocycles. The van der Waals surface area contributed by atoms with Crippen molar-refractivity contribution in [3.05, 3.63) is 53.1 Å². The van der Waals surface area contributed by atoms with Gasteiger partial charge in [-0.25, -0.2) is 0 Å². The van der Waals surface area contributed by atoms with Crippen molar-refractivity contribution >= 4 is 16.3 Å². The molecule has 2 aromatic carbocycles. The van der Waals surface area contributed by atoms with E-state index >= 15 is 0 Å². The van der Waals surface area contributed by atoms with E-state index in [-0.39, 0.29) is 21.7 Å². The number of benzene rings is 2. The average Bonchev–Trinajstić information content (AvgIpc) is 2.51. The summed E-state index contributed by atoms with van der Waals surface area (Å²) in [6, 6.07) is 10.8. The first-order chi connectivity index (χ1) is 6.77. The molecule has 0 atom stereocenters. The summed E-state index contributed by atoms with van der Waals surface area (Å²) in [5, 5.41) is 2.71. The van der Waals surface area contributed by atoms with E-state index in [0.717, 1.165) is 0 Å². The van der Waals surface area contributed by atoms with Crippen LogP contribution in [0.3, 0.4) is 0 Å². The molecule has 0 aromatic heterocycles. The molecule has 0 heterocycles. The number of hydrogen-bond donors (Lipinski definition) is 0. The molecule has 3 rings (SSSR count). The van der Waals surface area contributed by atoms with Gasteiger partial charge in [-0.2, -0.15) is 5.56 Å². The van der Waals surface area contributed by atoms with Crippen molar-refractivity contribution in [2.45, 2.75) is 13.8 Å². The molecule has 1 aliphatic carbocycles. The van der Waals surface area contributed by atoms with E-state index < -0.39 is 0 Å². The summed E-state index contributed by atoms with van der Waals surface area (Å²) in [6.45, 7) is 4.31. The molecule has 0 amide bonds. The van der Waals surface area contributed by atoms with Gasteiger partial charge in [-0.05, 0) is 6.92 Å². The monoisotopic (exact) mass is 227 g/mol. The topological polar surface area (TPSA) is 0 Å². The van der Waals surface area contributed by atoms with Crippen LogP contribution in [0.2, 0.25) is 0 Å². The Morgan fingerprint density at radius 3 is 2.60 bits per heavy atom. The molecule has 0 N–H and O–H groups in total. The van der Waals surface area contributed by atoms with Crippen LogP contribution >= 0.6 is 0 Å². The van der Waals surface area contributed by atoms with Crippen LogP contribution in [-0.4, -0.2) is 0 Å².